The van der Waals surface area contributed by atoms with Crippen LogP contribution in [0.25, 0.3) is 0 Å². The van der Waals surface area contributed by atoms with Crippen molar-refractivity contribution in [1.29, 1.82) is 0 Å². The van der Waals surface area contributed by atoms with E-state index in [0.717, 1.165) is 23.7 Å². The van der Waals surface area contributed by atoms with E-state index in [4.69, 9.17) is 9.47 Å². The summed E-state index contributed by atoms with van der Waals surface area (Å²) >= 11 is 0. The molecule has 0 heterocycles. The molecule has 3 heteroatoms. The Kier molecular flexibility index (Phi) is 13.4. The standard InChI is InChI=1S/C10H15NO2.2C2H6/c1-4-11-8-5-9(12-2)7-10(6-8)13-3;2*1-2/h5-7,11H,4H2,1-3H3;2*1-2H3. The Morgan fingerprint density at radius 2 is 1.29 bits per heavy atom. The third kappa shape index (κ3) is 7.50. The number of hydrogen-bond donors (Lipinski definition) is 1. The predicted molar refractivity (Wildman–Crippen MR) is 76.4 cm³/mol. The van der Waals surface area contributed by atoms with Crippen LogP contribution in [0.5, 0.6) is 11.5 Å². The van der Waals surface area contributed by atoms with Crippen molar-refractivity contribution in [1.82, 2.24) is 0 Å². The Bertz CT molecular complexity index is 253. The Morgan fingerprint density at radius 3 is 1.59 bits per heavy atom. The third-order valence-electron chi connectivity index (χ3n) is 1.73. The largest absolute Gasteiger partial charge is 0.497 e. The van der Waals surface area contributed by atoms with E-state index >= 15 is 0 Å². The maximum absolute atomic E-state index is 5.12. The molecule has 0 spiro atoms. The summed E-state index contributed by atoms with van der Waals surface area (Å²) in [4.78, 5) is 0. The van der Waals surface area contributed by atoms with E-state index in [9.17, 15) is 0 Å². The van der Waals surface area contributed by atoms with E-state index in [1.165, 1.54) is 0 Å². The van der Waals surface area contributed by atoms with E-state index in [2.05, 4.69) is 5.32 Å². The van der Waals surface area contributed by atoms with Crippen molar-refractivity contribution in [3.63, 3.8) is 0 Å². The van der Waals surface area contributed by atoms with Crippen LogP contribution in [0.4, 0.5) is 5.69 Å². The molecule has 100 valence electrons. The number of hydrogen-bond acceptors (Lipinski definition) is 3. The molecular formula is C14H27NO2. The van der Waals surface area contributed by atoms with Crippen LogP contribution >= 0.6 is 0 Å². The molecule has 1 rings (SSSR count). The summed E-state index contributed by atoms with van der Waals surface area (Å²) < 4.78 is 10.2. The van der Waals surface area contributed by atoms with Gasteiger partial charge in [-0.1, -0.05) is 27.7 Å². The number of benzene rings is 1. The van der Waals surface area contributed by atoms with Crippen molar-refractivity contribution in [2.75, 3.05) is 26.1 Å². The van der Waals surface area contributed by atoms with Crippen molar-refractivity contribution >= 4 is 5.69 Å². The molecule has 0 saturated carbocycles. The minimum atomic E-state index is 0.801. The third-order valence-corrected chi connectivity index (χ3v) is 1.73. The van der Waals surface area contributed by atoms with Gasteiger partial charge >= 0.3 is 0 Å². The second-order valence-corrected chi connectivity index (χ2v) is 2.63. The van der Waals surface area contributed by atoms with E-state index < -0.39 is 0 Å². The van der Waals surface area contributed by atoms with Crippen molar-refractivity contribution < 1.29 is 9.47 Å². The van der Waals surface area contributed by atoms with Crippen LogP contribution in [0, 0.1) is 0 Å². The van der Waals surface area contributed by atoms with Gasteiger partial charge in [-0.25, -0.2) is 0 Å². The van der Waals surface area contributed by atoms with E-state index in [0.29, 0.717) is 0 Å². The zero-order chi connectivity index (χ0) is 13.7. The lowest BCUT2D eigenvalue weighted by atomic mass is 10.3. The lowest BCUT2D eigenvalue weighted by Crippen LogP contribution is -1.97. The Balaban J connectivity index is 0. The molecule has 0 bridgehead atoms. The number of anilines is 1. The summed E-state index contributed by atoms with van der Waals surface area (Å²) in [5, 5.41) is 3.20. The number of ether oxygens (including phenoxy) is 2. The van der Waals surface area contributed by atoms with Crippen LogP contribution < -0.4 is 14.8 Å². The zero-order valence-corrected chi connectivity index (χ0v) is 12.3. The minimum absolute atomic E-state index is 0.801. The van der Waals surface area contributed by atoms with Gasteiger partial charge in [0.25, 0.3) is 0 Å². The lowest BCUT2D eigenvalue weighted by Gasteiger charge is -2.08. The second kappa shape index (κ2) is 12.7. The van der Waals surface area contributed by atoms with Gasteiger partial charge in [0.05, 0.1) is 14.2 Å². The van der Waals surface area contributed by atoms with Crippen LogP contribution in [-0.4, -0.2) is 20.8 Å². The predicted octanol–water partition coefficient (Wildman–Crippen LogP) is 4.19. The van der Waals surface area contributed by atoms with Crippen LogP contribution in [0.3, 0.4) is 0 Å². The van der Waals surface area contributed by atoms with Crippen molar-refractivity contribution in [2.45, 2.75) is 34.6 Å². The molecule has 0 amide bonds. The highest BCUT2D eigenvalue weighted by molar-refractivity contribution is 5.53. The highest BCUT2D eigenvalue weighted by Crippen LogP contribution is 2.25. The summed E-state index contributed by atoms with van der Waals surface area (Å²) in [6.45, 7) is 10.9. The smallest absolute Gasteiger partial charge is 0.124 e. The summed E-state index contributed by atoms with van der Waals surface area (Å²) in [7, 11) is 3.29. The molecule has 0 fully saturated rings. The van der Waals surface area contributed by atoms with Gasteiger partial charge in [0.1, 0.15) is 11.5 Å². The van der Waals surface area contributed by atoms with Gasteiger partial charge in [0.2, 0.25) is 0 Å². The highest BCUT2D eigenvalue weighted by atomic mass is 16.5. The average Bonchev–Trinajstić information content (AvgIpc) is 2.43. The quantitative estimate of drug-likeness (QED) is 0.857. The molecule has 0 aromatic heterocycles. The van der Waals surface area contributed by atoms with Gasteiger partial charge in [-0.05, 0) is 6.92 Å². The Morgan fingerprint density at radius 1 is 0.882 bits per heavy atom. The van der Waals surface area contributed by atoms with Crippen molar-refractivity contribution in [2.24, 2.45) is 0 Å². The van der Waals surface area contributed by atoms with Gasteiger partial charge < -0.3 is 14.8 Å². The topological polar surface area (TPSA) is 30.5 Å². The summed E-state index contributed by atoms with van der Waals surface area (Å²) in [5.74, 6) is 1.60. The first-order valence-corrected chi connectivity index (χ1v) is 6.27. The molecule has 1 N–H and O–H groups in total. The number of nitrogens with one attached hydrogen (secondary N) is 1. The van der Waals surface area contributed by atoms with Crippen LogP contribution in [-0.2, 0) is 0 Å². The highest BCUT2D eigenvalue weighted by Gasteiger charge is 1.99. The van der Waals surface area contributed by atoms with Crippen molar-refractivity contribution in [3.05, 3.63) is 18.2 Å². The Hall–Kier alpha value is -1.38. The van der Waals surface area contributed by atoms with E-state index in [-0.39, 0.29) is 0 Å². The van der Waals surface area contributed by atoms with Gasteiger partial charge in [-0.15, -0.1) is 0 Å². The van der Waals surface area contributed by atoms with E-state index in [1.54, 1.807) is 14.2 Å². The number of methoxy groups -OCH3 is 2. The van der Waals surface area contributed by atoms with E-state index in [1.807, 2.05) is 52.8 Å². The molecular weight excluding hydrogens is 214 g/mol. The molecule has 0 saturated heterocycles. The van der Waals surface area contributed by atoms with Crippen LogP contribution in [0.1, 0.15) is 34.6 Å². The van der Waals surface area contributed by atoms with Gasteiger partial charge in [0, 0.05) is 30.4 Å². The normalized spacial score (nSPS) is 7.94. The average molecular weight is 241 g/mol. The van der Waals surface area contributed by atoms with Crippen LogP contribution in [0.15, 0.2) is 18.2 Å². The SMILES string of the molecule is CC.CC.CCNc1cc(OC)cc(OC)c1. The zero-order valence-electron chi connectivity index (χ0n) is 12.3. The molecule has 0 radical (unpaired) electrons. The molecule has 0 aliphatic heterocycles. The molecule has 0 aliphatic carbocycles. The molecule has 1 aromatic rings. The monoisotopic (exact) mass is 241 g/mol. The summed E-state index contributed by atoms with van der Waals surface area (Å²) in [6, 6.07) is 5.72. The van der Waals surface area contributed by atoms with Crippen molar-refractivity contribution in [3.8, 4) is 11.5 Å². The fraction of sp³-hybridized carbons (Fsp3) is 0.571. The fourth-order valence-electron chi connectivity index (χ4n) is 1.11. The fourth-order valence-corrected chi connectivity index (χ4v) is 1.11. The first-order chi connectivity index (χ1) is 8.30. The minimum Gasteiger partial charge on any atom is -0.497 e. The summed E-state index contributed by atoms with van der Waals surface area (Å²) in [6.07, 6.45) is 0. The van der Waals surface area contributed by atoms with Gasteiger partial charge in [-0.3, -0.25) is 0 Å². The molecule has 17 heavy (non-hydrogen) atoms. The maximum Gasteiger partial charge on any atom is 0.124 e. The van der Waals surface area contributed by atoms with Gasteiger partial charge in [-0.2, -0.15) is 0 Å². The van der Waals surface area contributed by atoms with Crippen LogP contribution in [0.2, 0.25) is 0 Å². The number of rotatable bonds is 4. The molecule has 0 aliphatic rings. The molecule has 0 unspecified atom stereocenters. The summed E-state index contributed by atoms with van der Waals surface area (Å²) in [5.41, 5.74) is 1.01. The second-order valence-electron chi connectivity index (χ2n) is 2.63. The Labute approximate surface area is 106 Å². The van der Waals surface area contributed by atoms with Gasteiger partial charge in [0.15, 0.2) is 0 Å². The maximum atomic E-state index is 5.12. The molecule has 0 atom stereocenters. The first kappa shape index (κ1) is 18.0. The molecule has 3 nitrogen and oxygen atoms in total. The lowest BCUT2D eigenvalue weighted by molar-refractivity contribution is 0.394. The molecule has 1 aromatic carbocycles. The first-order valence-electron chi connectivity index (χ1n) is 6.27.